The molecule has 0 spiro atoms. The van der Waals surface area contributed by atoms with Crippen LogP contribution in [0.4, 0.5) is 0 Å². The van der Waals surface area contributed by atoms with E-state index in [1.54, 1.807) is 17.6 Å². The number of hydrogen-bond donors (Lipinski definition) is 1. The Labute approximate surface area is 80.8 Å². The van der Waals surface area contributed by atoms with Crippen LogP contribution >= 0.6 is 0 Å². The van der Waals surface area contributed by atoms with E-state index >= 15 is 0 Å². The van der Waals surface area contributed by atoms with Crippen LogP contribution in [-0.2, 0) is 0 Å². The van der Waals surface area contributed by atoms with Gasteiger partial charge in [0.05, 0.1) is 11.2 Å². The van der Waals surface area contributed by atoms with Crippen LogP contribution in [0.2, 0.25) is 0 Å². The van der Waals surface area contributed by atoms with E-state index in [-0.39, 0.29) is 5.56 Å². The van der Waals surface area contributed by atoms with Crippen molar-refractivity contribution in [3.63, 3.8) is 0 Å². The molecule has 72 valence electrons. The van der Waals surface area contributed by atoms with E-state index in [4.69, 9.17) is 5.11 Å². The zero-order chi connectivity index (χ0) is 10.3. The molecule has 0 fully saturated rings. The summed E-state index contributed by atoms with van der Waals surface area (Å²) in [6.45, 7) is 3.62. The number of aromatic carboxylic acids is 1. The van der Waals surface area contributed by atoms with E-state index in [1.165, 1.54) is 0 Å². The first kappa shape index (κ1) is 8.74. The minimum Gasteiger partial charge on any atom is -0.478 e. The van der Waals surface area contributed by atoms with Gasteiger partial charge in [-0.2, -0.15) is 5.10 Å². The number of hydrogen-bond acceptors (Lipinski definition) is 2. The third-order valence-corrected chi connectivity index (χ3v) is 2.18. The number of nitrogens with zero attached hydrogens (tertiary/aromatic N) is 2. The first-order valence-corrected chi connectivity index (χ1v) is 4.28. The van der Waals surface area contributed by atoms with Gasteiger partial charge in [0.1, 0.15) is 5.56 Å². The molecule has 2 aromatic heterocycles. The van der Waals surface area contributed by atoms with Crippen molar-refractivity contribution >= 4 is 11.5 Å². The second kappa shape index (κ2) is 2.83. The number of fused-ring (bicyclic) bond motifs is 1. The molecule has 0 aliphatic heterocycles. The molecule has 4 nitrogen and oxygen atoms in total. The Kier molecular flexibility index (Phi) is 1.77. The van der Waals surface area contributed by atoms with E-state index in [0.717, 1.165) is 5.56 Å². The summed E-state index contributed by atoms with van der Waals surface area (Å²) in [4.78, 5) is 11.0. The summed E-state index contributed by atoms with van der Waals surface area (Å²) in [5, 5.41) is 13.1. The number of carbonyl (C=O) groups is 1. The number of carboxylic acids is 1. The van der Waals surface area contributed by atoms with Gasteiger partial charge >= 0.3 is 5.97 Å². The lowest BCUT2D eigenvalue weighted by Crippen LogP contribution is -1.97. The molecule has 1 N–H and O–H groups in total. The third-order valence-electron chi connectivity index (χ3n) is 2.18. The maximum atomic E-state index is 11.0. The SMILES string of the molecule is Cc1ccn2nc(C)c(C(=O)O)c2c1. The van der Waals surface area contributed by atoms with Gasteiger partial charge in [0.25, 0.3) is 0 Å². The first-order valence-electron chi connectivity index (χ1n) is 4.28. The molecule has 0 aliphatic rings. The highest BCUT2D eigenvalue weighted by Crippen LogP contribution is 2.16. The number of aromatic nitrogens is 2. The molecule has 2 heterocycles. The highest BCUT2D eigenvalue weighted by Gasteiger charge is 2.15. The van der Waals surface area contributed by atoms with Crippen molar-refractivity contribution in [2.45, 2.75) is 13.8 Å². The van der Waals surface area contributed by atoms with Crippen molar-refractivity contribution in [2.24, 2.45) is 0 Å². The Hall–Kier alpha value is -1.84. The van der Waals surface area contributed by atoms with Crippen molar-refractivity contribution in [1.29, 1.82) is 0 Å². The Morgan fingerprint density at radius 3 is 2.86 bits per heavy atom. The van der Waals surface area contributed by atoms with Crippen molar-refractivity contribution in [3.8, 4) is 0 Å². The van der Waals surface area contributed by atoms with Gasteiger partial charge in [-0.3, -0.25) is 0 Å². The zero-order valence-corrected chi connectivity index (χ0v) is 7.98. The van der Waals surface area contributed by atoms with Crippen LogP contribution in [0.3, 0.4) is 0 Å². The van der Waals surface area contributed by atoms with Gasteiger partial charge in [-0.25, -0.2) is 9.31 Å². The molecule has 0 saturated heterocycles. The predicted octanol–water partition coefficient (Wildman–Crippen LogP) is 1.65. The molecule has 4 heteroatoms. The average Bonchev–Trinajstić information content (AvgIpc) is 2.40. The second-order valence-electron chi connectivity index (χ2n) is 3.30. The summed E-state index contributed by atoms with van der Waals surface area (Å²) >= 11 is 0. The van der Waals surface area contributed by atoms with Crippen LogP contribution in [0.15, 0.2) is 18.3 Å². The monoisotopic (exact) mass is 190 g/mol. The summed E-state index contributed by atoms with van der Waals surface area (Å²) in [6, 6.07) is 3.72. The molecule has 0 aromatic carbocycles. The van der Waals surface area contributed by atoms with Gasteiger partial charge in [-0.1, -0.05) is 0 Å². The van der Waals surface area contributed by atoms with Crippen LogP contribution in [0, 0.1) is 13.8 Å². The molecule has 0 unspecified atom stereocenters. The molecular weight excluding hydrogens is 180 g/mol. The lowest BCUT2D eigenvalue weighted by Gasteiger charge is -1.95. The lowest BCUT2D eigenvalue weighted by molar-refractivity contribution is 0.0698. The maximum absolute atomic E-state index is 11.0. The molecule has 2 rings (SSSR count). The number of carboxylic acid groups (broad SMARTS) is 1. The fraction of sp³-hybridized carbons (Fsp3) is 0.200. The molecule has 0 saturated carbocycles. The summed E-state index contributed by atoms with van der Waals surface area (Å²) in [5.74, 6) is -0.928. The fourth-order valence-corrected chi connectivity index (χ4v) is 1.53. The van der Waals surface area contributed by atoms with Gasteiger partial charge in [0.15, 0.2) is 0 Å². The van der Waals surface area contributed by atoms with Crippen LogP contribution < -0.4 is 0 Å². The Morgan fingerprint density at radius 1 is 1.50 bits per heavy atom. The quantitative estimate of drug-likeness (QED) is 0.743. The summed E-state index contributed by atoms with van der Waals surface area (Å²) < 4.78 is 1.59. The molecular formula is C10H10N2O2. The van der Waals surface area contributed by atoms with Gasteiger partial charge in [0, 0.05) is 6.20 Å². The highest BCUT2D eigenvalue weighted by molar-refractivity contribution is 5.96. The molecule has 14 heavy (non-hydrogen) atoms. The van der Waals surface area contributed by atoms with E-state index in [2.05, 4.69) is 5.10 Å². The standard InChI is InChI=1S/C10H10N2O2/c1-6-3-4-12-8(5-6)9(10(13)14)7(2)11-12/h3-5H,1-2H3,(H,13,14). The van der Waals surface area contributed by atoms with Crippen LogP contribution in [0.1, 0.15) is 21.6 Å². The summed E-state index contributed by atoms with van der Waals surface area (Å²) in [7, 11) is 0. The van der Waals surface area contributed by atoms with E-state index in [1.807, 2.05) is 19.1 Å². The van der Waals surface area contributed by atoms with Gasteiger partial charge in [0.2, 0.25) is 0 Å². The van der Waals surface area contributed by atoms with Crippen LogP contribution in [-0.4, -0.2) is 20.7 Å². The minimum absolute atomic E-state index is 0.286. The molecule has 0 amide bonds. The average molecular weight is 190 g/mol. The van der Waals surface area contributed by atoms with Crippen molar-refractivity contribution in [3.05, 3.63) is 35.2 Å². The maximum Gasteiger partial charge on any atom is 0.339 e. The molecule has 2 aromatic rings. The zero-order valence-electron chi connectivity index (χ0n) is 7.98. The third kappa shape index (κ3) is 1.16. The highest BCUT2D eigenvalue weighted by atomic mass is 16.4. The number of aryl methyl sites for hydroxylation is 2. The second-order valence-corrected chi connectivity index (χ2v) is 3.30. The Bertz CT molecular complexity index is 514. The largest absolute Gasteiger partial charge is 0.478 e. The van der Waals surface area contributed by atoms with E-state index in [9.17, 15) is 4.79 Å². The van der Waals surface area contributed by atoms with Crippen molar-refractivity contribution in [1.82, 2.24) is 9.61 Å². The van der Waals surface area contributed by atoms with Gasteiger partial charge in [-0.05, 0) is 31.5 Å². The normalized spacial score (nSPS) is 10.7. The number of pyridine rings is 1. The van der Waals surface area contributed by atoms with E-state index in [0.29, 0.717) is 11.2 Å². The predicted molar refractivity (Wildman–Crippen MR) is 51.6 cm³/mol. The van der Waals surface area contributed by atoms with Crippen molar-refractivity contribution in [2.75, 3.05) is 0 Å². The van der Waals surface area contributed by atoms with E-state index < -0.39 is 5.97 Å². The minimum atomic E-state index is -0.928. The van der Waals surface area contributed by atoms with Crippen LogP contribution in [0.25, 0.3) is 5.52 Å². The first-order chi connectivity index (χ1) is 6.59. The Morgan fingerprint density at radius 2 is 2.21 bits per heavy atom. The van der Waals surface area contributed by atoms with Gasteiger partial charge < -0.3 is 5.11 Å². The number of rotatable bonds is 1. The topological polar surface area (TPSA) is 54.6 Å². The lowest BCUT2D eigenvalue weighted by atomic mass is 10.2. The molecule has 0 bridgehead atoms. The Balaban J connectivity index is 2.86. The van der Waals surface area contributed by atoms with Crippen molar-refractivity contribution < 1.29 is 9.90 Å². The molecule has 0 radical (unpaired) electrons. The summed E-state index contributed by atoms with van der Waals surface area (Å²) in [5.41, 5.74) is 2.51. The smallest absolute Gasteiger partial charge is 0.339 e. The molecule has 0 atom stereocenters. The molecule has 0 aliphatic carbocycles. The van der Waals surface area contributed by atoms with Gasteiger partial charge in [-0.15, -0.1) is 0 Å². The summed E-state index contributed by atoms with van der Waals surface area (Å²) in [6.07, 6.45) is 1.77. The van der Waals surface area contributed by atoms with Crippen LogP contribution in [0.5, 0.6) is 0 Å². The fourth-order valence-electron chi connectivity index (χ4n) is 1.53.